The van der Waals surface area contributed by atoms with Crippen molar-refractivity contribution in [2.75, 3.05) is 20.2 Å². The summed E-state index contributed by atoms with van der Waals surface area (Å²) in [5.41, 5.74) is 0.758. The Hall–Kier alpha value is -2.48. The van der Waals surface area contributed by atoms with Crippen LogP contribution >= 0.6 is 0 Å². The molecule has 0 radical (unpaired) electrons. The minimum Gasteiger partial charge on any atom is -0.494 e. The lowest BCUT2D eigenvalue weighted by atomic mass is 10.1. The van der Waals surface area contributed by atoms with Crippen LogP contribution in [0.1, 0.15) is 31.4 Å². The SMILES string of the molecule is CC(=O)N(C)C[C@H](O)c1ccc(OCCCCn2cnnn2)cc1. The van der Waals surface area contributed by atoms with Gasteiger partial charge in [-0.15, -0.1) is 5.10 Å². The summed E-state index contributed by atoms with van der Waals surface area (Å²) < 4.78 is 7.36. The van der Waals surface area contributed by atoms with Gasteiger partial charge in [0.2, 0.25) is 5.91 Å². The summed E-state index contributed by atoms with van der Waals surface area (Å²) in [7, 11) is 1.67. The zero-order valence-electron chi connectivity index (χ0n) is 14.0. The molecule has 1 N–H and O–H groups in total. The van der Waals surface area contributed by atoms with Gasteiger partial charge in [0, 0.05) is 20.5 Å². The predicted molar refractivity (Wildman–Crippen MR) is 87.3 cm³/mol. The number of likely N-dealkylation sites (N-methyl/N-ethyl adjacent to an activating group) is 1. The molecule has 0 aliphatic rings. The molecule has 8 nitrogen and oxygen atoms in total. The molecule has 0 bridgehead atoms. The Morgan fingerprint density at radius 1 is 1.33 bits per heavy atom. The van der Waals surface area contributed by atoms with E-state index in [0.717, 1.165) is 30.7 Å². The molecule has 1 aromatic heterocycles. The highest BCUT2D eigenvalue weighted by atomic mass is 16.5. The number of benzene rings is 1. The van der Waals surface area contributed by atoms with Crippen LogP contribution in [0.15, 0.2) is 30.6 Å². The number of hydrogen-bond donors (Lipinski definition) is 1. The van der Waals surface area contributed by atoms with E-state index in [4.69, 9.17) is 4.74 Å². The fourth-order valence-corrected chi connectivity index (χ4v) is 2.13. The van der Waals surface area contributed by atoms with Gasteiger partial charge in [-0.25, -0.2) is 4.68 Å². The Morgan fingerprint density at radius 3 is 2.71 bits per heavy atom. The zero-order chi connectivity index (χ0) is 17.4. The minimum absolute atomic E-state index is 0.0734. The molecule has 0 aliphatic carbocycles. The van der Waals surface area contributed by atoms with E-state index >= 15 is 0 Å². The van der Waals surface area contributed by atoms with Crippen molar-refractivity contribution < 1.29 is 14.6 Å². The third-order valence-corrected chi connectivity index (χ3v) is 3.69. The second kappa shape index (κ2) is 8.97. The van der Waals surface area contributed by atoms with Crippen molar-refractivity contribution in [3.8, 4) is 5.75 Å². The highest BCUT2D eigenvalue weighted by Gasteiger charge is 2.12. The number of carbonyl (C=O) groups is 1. The quantitative estimate of drug-likeness (QED) is 0.689. The Labute approximate surface area is 141 Å². The Bertz CT molecular complexity index is 615. The largest absolute Gasteiger partial charge is 0.494 e. The number of amides is 1. The molecule has 1 aromatic carbocycles. The van der Waals surface area contributed by atoms with Gasteiger partial charge in [0.1, 0.15) is 12.1 Å². The van der Waals surface area contributed by atoms with Crippen LogP contribution in [-0.2, 0) is 11.3 Å². The van der Waals surface area contributed by atoms with Gasteiger partial charge >= 0.3 is 0 Å². The van der Waals surface area contributed by atoms with Crippen molar-refractivity contribution in [1.29, 1.82) is 0 Å². The number of rotatable bonds is 9. The molecule has 1 atom stereocenters. The molecule has 1 amide bonds. The van der Waals surface area contributed by atoms with E-state index in [1.54, 1.807) is 18.1 Å². The summed E-state index contributed by atoms with van der Waals surface area (Å²) in [6.07, 6.45) is 2.71. The maximum atomic E-state index is 11.2. The van der Waals surface area contributed by atoms with Gasteiger partial charge in [-0.1, -0.05) is 12.1 Å². The van der Waals surface area contributed by atoms with Crippen LogP contribution in [0.2, 0.25) is 0 Å². The van der Waals surface area contributed by atoms with Crippen LogP contribution in [-0.4, -0.2) is 56.3 Å². The number of aliphatic hydroxyl groups excluding tert-OH is 1. The van der Waals surface area contributed by atoms with E-state index < -0.39 is 6.10 Å². The van der Waals surface area contributed by atoms with E-state index in [1.165, 1.54) is 11.8 Å². The fourth-order valence-electron chi connectivity index (χ4n) is 2.13. The minimum atomic E-state index is -0.704. The van der Waals surface area contributed by atoms with Crippen molar-refractivity contribution >= 4 is 5.91 Å². The van der Waals surface area contributed by atoms with Crippen molar-refractivity contribution in [2.24, 2.45) is 0 Å². The lowest BCUT2D eigenvalue weighted by Gasteiger charge is -2.19. The van der Waals surface area contributed by atoms with Gasteiger partial charge in [0.25, 0.3) is 0 Å². The smallest absolute Gasteiger partial charge is 0.219 e. The van der Waals surface area contributed by atoms with Crippen molar-refractivity contribution in [3.63, 3.8) is 0 Å². The third-order valence-electron chi connectivity index (χ3n) is 3.69. The molecule has 24 heavy (non-hydrogen) atoms. The normalized spacial score (nSPS) is 12.0. The van der Waals surface area contributed by atoms with Crippen LogP contribution in [0.25, 0.3) is 0 Å². The molecular formula is C16H23N5O3. The van der Waals surface area contributed by atoms with Crippen LogP contribution in [0.5, 0.6) is 5.75 Å². The van der Waals surface area contributed by atoms with Gasteiger partial charge in [-0.05, 0) is 41.0 Å². The molecule has 0 saturated carbocycles. The maximum Gasteiger partial charge on any atom is 0.219 e. The number of hydrogen-bond acceptors (Lipinski definition) is 6. The molecule has 8 heteroatoms. The van der Waals surface area contributed by atoms with Crippen molar-refractivity contribution in [1.82, 2.24) is 25.1 Å². The number of aryl methyl sites for hydroxylation is 1. The number of aliphatic hydroxyl groups is 1. The standard InChI is InChI=1S/C16H23N5O3/c1-13(22)20(2)11-16(23)14-5-7-15(8-6-14)24-10-4-3-9-21-12-17-18-19-21/h5-8,12,16,23H,3-4,9-11H2,1-2H3/t16-/m0/s1. The topological polar surface area (TPSA) is 93.4 Å². The number of tetrazole rings is 1. The number of carbonyl (C=O) groups excluding carboxylic acids is 1. The van der Waals surface area contributed by atoms with Gasteiger partial charge in [0.05, 0.1) is 19.3 Å². The van der Waals surface area contributed by atoms with Crippen molar-refractivity contribution in [3.05, 3.63) is 36.2 Å². The van der Waals surface area contributed by atoms with Gasteiger partial charge in [-0.2, -0.15) is 0 Å². The van der Waals surface area contributed by atoms with E-state index in [2.05, 4.69) is 15.5 Å². The summed E-state index contributed by atoms with van der Waals surface area (Å²) in [6.45, 7) is 3.12. The second-order valence-electron chi connectivity index (χ2n) is 5.61. The molecule has 2 aromatic rings. The first-order valence-electron chi connectivity index (χ1n) is 7.89. The Kier molecular flexibility index (Phi) is 6.68. The predicted octanol–water partition coefficient (Wildman–Crippen LogP) is 1.04. The number of ether oxygens (including phenoxy) is 1. The number of nitrogens with zero attached hydrogens (tertiary/aromatic N) is 5. The number of unbranched alkanes of at least 4 members (excludes halogenated alkanes) is 1. The first-order valence-corrected chi connectivity index (χ1v) is 7.89. The average Bonchev–Trinajstić information content (AvgIpc) is 3.08. The Morgan fingerprint density at radius 2 is 2.08 bits per heavy atom. The average molecular weight is 333 g/mol. The lowest BCUT2D eigenvalue weighted by molar-refractivity contribution is -0.128. The molecule has 1 heterocycles. The summed E-state index contributed by atoms with van der Waals surface area (Å²) >= 11 is 0. The zero-order valence-corrected chi connectivity index (χ0v) is 14.0. The van der Waals surface area contributed by atoms with E-state index in [-0.39, 0.29) is 12.5 Å². The van der Waals surface area contributed by atoms with Gasteiger partial charge in [-0.3, -0.25) is 4.79 Å². The monoisotopic (exact) mass is 333 g/mol. The first-order chi connectivity index (χ1) is 11.6. The molecular weight excluding hydrogens is 310 g/mol. The number of aromatic nitrogens is 4. The lowest BCUT2D eigenvalue weighted by Crippen LogP contribution is -2.28. The molecule has 0 spiro atoms. The molecule has 0 aliphatic heterocycles. The van der Waals surface area contributed by atoms with Crippen LogP contribution in [0, 0.1) is 0 Å². The van der Waals surface area contributed by atoms with E-state index in [9.17, 15) is 9.90 Å². The summed E-state index contributed by atoms with van der Waals surface area (Å²) in [5, 5.41) is 21.1. The van der Waals surface area contributed by atoms with Crippen LogP contribution < -0.4 is 4.74 Å². The van der Waals surface area contributed by atoms with Gasteiger partial charge < -0.3 is 14.7 Å². The molecule has 130 valence electrons. The van der Waals surface area contributed by atoms with Crippen LogP contribution in [0.4, 0.5) is 0 Å². The second-order valence-corrected chi connectivity index (χ2v) is 5.61. The molecule has 2 rings (SSSR count). The Balaban J connectivity index is 1.70. The molecule has 0 fully saturated rings. The summed E-state index contributed by atoms with van der Waals surface area (Å²) in [5.74, 6) is 0.684. The molecule has 0 unspecified atom stereocenters. The van der Waals surface area contributed by atoms with E-state index in [1.807, 2.05) is 24.3 Å². The highest BCUT2D eigenvalue weighted by molar-refractivity contribution is 5.72. The highest BCUT2D eigenvalue weighted by Crippen LogP contribution is 2.18. The summed E-state index contributed by atoms with van der Waals surface area (Å²) in [4.78, 5) is 12.7. The fraction of sp³-hybridized carbons (Fsp3) is 0.500. The van der Waals surface area contributed by atoms with Gasteiger partial charge in [0.15, 0.2) is 0 Å². The van der Waals surface area contributed by atoms with Crippen LogP contribution in [0.3, 0.4) is 0 Å². The van der Waals surface area contributed by atoms with Crippen molar-refractivity contribution in [2.45, 2.75) is 32.4 Å². The van der Waals surface area contributed by atoms with E-state index in [0.29, 0.717) is 6.61 Å². The maximum absolute atomic E-state index is 11.2. The first kappa shape index (κ1) is 17.9. The molecule has 0 saturated heterocycles. The summed E-state index contributed by atoms with van der Waals surface area (Å²) in [6, 6.07) is 7.28. The third kappa shape index (κ3) is 5.62.